The summed E-state index contributed by atoms with van der Waals surface area (Å²) in [5.74, 6) is 1.49. The lowest BCUT2D eigenvalue weighted by atomic mass is 9.91. The van der Waals surface area contributed by atoms with Gasteiger partial charge in [-0.25, -0.2) is 0 Å². The van der Waals surface area contributed by atoms with E-state index < -0.39 is 0 Å². The zero-order valence-electron chi connectivity index (χ0n) is 11.6. The summed E-state index contributed by atoms with van der Waals surface area (Å²) in [4.78, 5) is 12.4. The first-order valence-electron chi connectivity index (χ1n) is 6.57. The molecule has 3 nitrogen and oxygen atoms in total. The number of ketones is 1. The summed E-state index contributed by atoms with van der Waals surface area (Å²) < 4.78 is 10.7. The van der Waals surface area contributed by atoms with E-state index in [0.717, 1.165) is 28.2 Å². The fourth-order valence-electron chi connectivity index (χ4n) is 2.87. The number of fused-ring (bicyclic) bond motifs is 1. The van der Waals surface area contributed by atoms with E-state index in [0.29, 0.717) is 6.42 Å². The Bertz CT molecular complexity index is 661. The number of carbonyl (C=O) groups excluding carboxylic acids is 1. The van der Waals surface area contributed by atoms with Crippen molar-refractivity contribution >= 4 is 5.78 Å². The summed E-state index contributed by atoms with van der Waals surface area (Å²) in [5.41, 5.74) is 3.01. The molecule has 0 aliphatic heterocycles. The number of hydrogen-bond acceptors (Lipinski definition) is 3. The van der Waals surface area contributed by atoms with Crippen molar-refractivity contribution in [1.82, 2.24) is 0 Å². The third-order valence-electron chi connectivity index (χ3n) is 3.78. The Kier molecular flexibility index (Phi) is 3.18. The third kappa shape index (κ3) is 1.95. The number of hydrogen-bond donors (Lipinski definition) is 0. The van der Waals surface area contributed by atoms with E-state index in [1.54, 1.807) is 14.2 Å². The van der Waals surface area contributed by atoms with Crippen molar-refractivity contribution in [1.29, 1.82) is 0 Å². The van der Waals surface area contributed by atoms with Crippen LogP contribution in [0.5, 0.6) is 11.5 Å². The summed E-state index contributed by atoms with van der Waals surface area (Å²) >= 11 is 0. The van der Waals surface area contributed by atoms with Crippen LogP contribution in [-0.4, -0.2) is 20.0 Å². The topological polar surface area (TPSA) is 35.5 Å². The SMILES string of the molecule is COc1cccc(C2C(=O)Cc3cccc(OC)c32)c1. The second-order valence-corrected chi connectivity index (χ2v) is 4.89. The van der Waals surface area contributed by atoms with Crippen molar-refractivity contribution in [3.05, 3.63) is 59.2 Å². The molecule has 1 aliphatic carbocycles. The van der Waals surface area contributed by atoms with Crippen LogP contribution in [0, 0.1) is 0 Å². The normalized spacial score (nSPS) is 16.9. The maximum atomic E-state index is 12.4. The lowest BCUT2D eigenvalue weighted by molar-refractivity contribution is -0.118. The van der Waals surface area contributed by atoms with Gasteiger partial charge in [0.05, 0.1) is 20.1 Å². The predicted octanol–water partition coefficient (Wildman–Crippen LogP) is 2.96. The molecular formula is C17H16O3. The van der Waals surface area contributed by atoms with Gasteiger partial charge < -0.3 is 9.47 Å². The number of Topliss-reactive ketones (excluding diaryl/α,β-unsaturated/α-hetero) is 1. The number of rotatable bonds is 3. The van der Waals surface area contributed by atoms with E-state index in [1.165, 1.54) is 0 Å². The number of carbonyl (C=O) groups is 1. The molecule has 0 spiro atoms. The van der Waals surface area contributed by atoms with Crippen molar-refractivity contribution < 1.29 is 14.3 Å². The van der Waals surface area contributed by atoms with Crippen molar-refractivity contribution in [2.24, 2.45) is 0 Å². The molecule has 0 N–H and O–H groups in total. The molecule has 1 unspecified atom stereocenters. The molecule has 3 heteroatoms. The van der Waals surface area contributed by atoms with Crippen LogP contribution in [0.15, 0.2) is 42.5 Å². The van der Waals surface area contributed by atoms with Gasteiger partial charge in [-0.15, -0.1) is 0 Å². The molecule has 0 bridgehead atoms. The van der Waals surface area contributed by atoms with Gasteiger partial charge in [-0.2, -0.15) is 0 Å². The minimum Gasteiger partial charge on any atom is -0.497 e. The maximum Gasteiger partial charge on any atom is 0.149 e. The molecule has 0 aromatic heterocycles. The Hall–Kier alpha value is -2.29. The molecule has 3 rings (SSSR count). The highest BCUT2D eigenvalue weighted by molar-refractivity contribution is 5.96. The standard InChI is InChI=1S/C17H16O3/c1-19-13-7-3-5-11(9-13)16-14(18)10-12-6-4-8-15(20-2)17(12)16/h3-9,16H,10H2,1-2H3. The smallest absolute Gasteiger partial charge is 0.149 e. The highest BCUT2D eigenvalue weighted by Crippen LogP contribution is 2.41. The molecule has 0 saturated carbocycles. The van der Waals surface area contributed by atoms with Crippen molar-refractivity contribution in [2.45, 2.75) is 12.3 Å². The minimum absolute atomic E-state index is 0.206. The number of methoxy groups -OCH3 is 2. The van der Waals surface area contributed by atoms with Gasteiger partial charge in [0.1, 0.15) is 17.3 Å². The van der Waals surface area contributed by atoms with Crippen LogP contribution in [0.25, 0.3) is 0 Å². The quantitative estimate of drug-likeness (QED) is 0.858. The molecule has 2 aromatic rings. The lowest BCUT2D eigenvalue weighted by Gasteiger charge is -2.15. The van der Waals surface area contributed by atoms with Crippen LogP contribution >= 0.6 is 0 Å². The first kappa shape index (κ1) is 12.7. The van der Waals surface area contributed by atoms with Crippen LogP contribution in [0.4, 0.5) is 0 Å². The van der Waals surface area contributed by atoms with Gasteiger partial charge in [0.25, 0.3) is 0 Å². The molecule has 0 heterocycles. The zero-order valence-corrected chi connectivity index (χ0v) is 11.6. The molecule has 0 radical (unpaired) electrons. The molecule has 0 fully saturated rings. The first-order valence-corrected chi connectivity index (χ1v) is 6.57. The molecule has 20 heavy (non-hydrogen) atoms. The number of benzene rings is 2. The maximum absolute atomic E-state index is 12.4. The van der Waals surface area contributed by atoms with Gasteiger partial charge in [0.15, 0.2) is 0 Å². The third-order valence-corrected chi connectivity index (χ3v) is 3.78. The number of ether oxygens (including phenoxy) is 2. The van der Waals surface area contributed by atoms with Gasteiger partial charge >= 0.3 is 0 Å². The van der Waals surface area contributed by atoms with Crippen molar-refractivity contribution in [3.8, 4) is 11.5 Å². The highest BCUT2D eigenvalue weighted by atomic mass is 16.5. The minimum atomic E-state index is -0.253. The predicted molar refractivity (Wildman–Crippen MR) is 76.5 cm³/mol. The van der Waals surface area contributed by atoms with E-state index in [-0.39, 0.29) is 11.7 Å². The summed E-state index contributed by atoms with van der Waals surface area (Å²) in [7, 11) is 3.27. The second-order valence-electron chi connectivity index (χ2n) is 4.89. The Balaban J connectivity index is 2.14. The van der Waals surface area contributed by atoms with E-state index in [4.69, 9.17) is 9.47 Å². The van der Waals surface area contributed by atoms with E-state index in [1.807, 2.05) is 42.5 Å². The lowest BCUT2D eigenvalue weighted by Crippen LogP contribution is -2.08. The fraction of sp³-hybridized carbons (Fsp3) is 0.235. The molecule has 0 saturated heterocycles. The Morgan fingerprint density at radius 1 is 1.05 bits per heavy atom. The largest absolute Gasteiger partial charge is 0.497 e. The van der Waals surface area contributed by atoms with Crippen LogP contribution in [0.2, 0.25) is 0 Å². The van der Waals surface area contributed by atoms with Crippen molar-refractivity contribution in [3.63, 3.8) is 0 Å². The van der Waals surface area contributed by atoms with Crippen molar-refractivity contribution in [2.75, 3.05) is 14.2 Å². The summed E-state index contributed by atoms with van der Waals surface area (Å²) in [6.07, 6.45) is 0.467. The molecule has 2 aromatic carbocycles. The van der Waals surface area contributed by atoms with E-state index in [2.05, 4.69) is 0 Å². The summed E-state index contributed by atoms with van der Waals surface area (Å²) in [6.45, 7) is 0. The molecule has 1 atom stereocenters. The molecule has 1 aliphatic rings. The van der Waals surface area contributed by atoms with Crippen LogP contribution in [0.3, 0.4) is 0 Å². The Morgan fingerprint density at radius 2 is 1.85 bits per heavy atom. The van der Waals surface area contributed by atoms with Gasteiger partial charge in [-0.1, -0.05) is 24.3 Å². The summed E-state index contributed by atoms with van der Waals surface area (Å²) in [5, 5.41) is 0. The molecule has 0 amide bonds. The zero-order chi connectivity index (χ0) is 14.1. The van der Waals surface area contributed by atoms with E-state index >= 15 is 0 Å². The average molecular weight is 268 g/mol. The van der Waals surface area contributed by atoms with E-state index in [9.17, 15) is 4.79 Å². The first-order chi connectivity index (χ1) is 9.74. The second kappa shape index (κ2) is 5.00. The Labute approximate surface area is 118 Å². The molecular weight excluding hydrogens is 252 g/mol. The fourth-order valence-corrected chi connectivity index (χ4v) is 2.87. The monoisotopic (exact) mass is 268 g/mol. The Morgan fingerprint density at radius 3 is 2.60 bits per heavy atom. The van der Waals surface area contributed by atoms with Gasteiger partial charge in [0, 0.05) is 12.0 Å². The van der Waals surface area contributed by atoms with Crippen LogP contribution < -0.4 is 9.47 Å². The van der Waals surface area contributed by atoms with Crippen LogP contribution in [-0.2, 0) is 11.2 Å². The summed E-state index contributed by atoms with van der Waals surface area (Å²) in [6, 6.07) is 13.5. The van der Waals surface area contributed by atoms with Crippen LogP contribution in [0.1, 0.15) is 22.6 Å². The average Bonchev–Trinajstić information content (AvgIpc) is 2.83. The molecule has 102 valence electrons. The highest BCUT2D eigenvalue weighted by Gasteiger charge is 2.34. The van der Waals surface area contributed by atoms with Gasteiger partial charge in [-0.05, 0) is 29.3 Å². The van der Waals surface area contributed by atoms with Gasteiger partial charge in [-0.3, -0.25) is 4.79 Å². The van der Waals surface area contributed by atoms with Gasteiger partial charge in [0.2, 0.25) is 0 Å².